The molecule has 10 rings (SSSR count). The number of nitrogens with zero attached hydrogens (tertiary/aromatic N) is 8. The van der Waals surface area contributed by atoms with Crippen molar-refractivity contribution in [2.75, 3.05) is 0 Å². The SMILES string of the molecule is N#Cc1cc(C#N)cc(-c2ccc3c4ccc(-c5cc(C#N)cc(C#N)c5)cc4n(-c4ccc(-c5nc(-c6ccccc6)nc(-c6ccccc6)n5)c(-c5cc(C(F)(F)F)cc(C(F)(F)F)c5)c4)c3c2)c1. The smallest absolute Gasteiger partial charge is 0.309 e. The lowest BCUT2D eigenvalue weighted by molar-refractivity contribution is -0.143. The van der Waals surface area contributed by atoms with E-state index in [9.17, 15) is 47.4 Å². The number of rotatable bonds is 7. The van der Waals surface area contributed by atoms with Crippen molar-refractivity contribution in [2.24, 2.45) is 0 Å². The first-order valence-electron chi connectivity index (χ1n) is 21.5. The van der Waals surface area contributed by atoms with Gasteiger partial charge in [0.2, 0.25) is 0 Å². The number of nitriles is 4. The summed E-state index contributed by atoms with van der Waals surface area (Å²) in [5.74, 6) is 0.368. The Morgan fingerprint density at radius 1 is 0.352 bits per heavy atom. The van der Waals surface area contributed by atoms with Crippen LogP contribution in [-0.4, -0.2) is 19.5 Å². The van der Waals surface area contributed by atoms with E-state index in [2.05, 4.69) is 24.3 Å². The number of halogens is 6. The van der Waals surface area contributed by atoms with Crippen LogP contribution in [0.5, 0.6) is 0 Å². The number of alkyl halides is 6. The molecular weight excluding hydrogens is 911 g/mol. The largest absolute Gasteiger partial charge is 0.416 e. The Morgan fingerprint density at radius 3 is 1.18 bits per heavy atom. The maximum absolute atomic E-state index is 14.7. The Bertz CT molecular complexity index is 3680. The number of benzene rings is 8. The molecule has 0 fully saturated rings. The fourth-order valence-electron chi connectivity index (χ4n) is 8.65. The first-order valence-corrected chi connectivity index (χ1v) is 21.5. The van der Waals surface area contributed by atoms with Gasteiger partial charge in [-0.2, -0.15) is 47.4 Å². The quantitative estimate of drug-likeness (QED) is 0.145. The maximum atomic E-state index is 14.7. The zero-order chi connectivity index (χ0) is 49.6. The van der Waals surface area contributed by atoms with Crippen LogP contribution in [-0.2, 0) is 12.4 Å². The van der Waals surface area contributed by atoms with Gasteiger partial charge in [0.25, 0.3) is 0 Å². The van der Waals surface area contributed by atoms with Crippen molar-refractivity contribution in [2.45, 2.75) is 12.4 Å². The summed E-state index contributed by atoms with van der Waals surface area (Å²) < 4.78 is 89.9. The molecule has 2 heterocycles. The van der Waals surface area contributed by atoms with Gasteiger partial charge >= 0.3 is 12.4 Å². The molecule has 0 aliphatic carbocycles. The van der Waals surface area contributed by atoms with Gasteiger partial charge in [-0.15, -0.1) is 0 Å². The molecule has 8 aromatic carbocycles. The van der Waals surface area contributed by atoms with Crippen LogP contribution in [0.25, 0.3) is 95.0 Å². The van der Waals surface area contributed by atoms with E-state index in [0.717, 1.165) is 0 Å². The predicted octanol–water partition coefficient (Wildman–Crippen LogP) is 14.5. The zero-order valence-corrected chi connectivity index (χ0v) is 36.5. The Morgan fingerprint density at radius 2 is 0.775 bits per heavy atom. The maximum Gasteiger partial charge on any atom is 0.416 e. The summed E-state index contributed by atoms with van der Waals surface area (Å²) in [6.45, 7) is 0. The van der Waals surface area contributed by atoms with Gasteiger partial charge in [-0.3, -0.25) is 0 Å². The number of hydrogen-bond acceptors (Lipinski definition) is 7. The summed E-state index contributed by atoms with van der Waals surface area (Å²) in [5.41, 5.74) is 2.28. The minimum Gasteiger partial charge on any atom is -0.309 e. The molecule has 10 aromatic rings. The third kappa shape index (κ3) is 8.66. The van der Waals surface area contributed by atoms with Crippen LogP contribution >= 0.6 is 0 Å². The Balaban J connectivity index is 1.31. The number of fused-ring (bicyclic) bond motifs is 3. The highest BCUT2D eigenvalue weighted by atomic mass is 19.4. The molecule has 0 saturated carbocycles. The third-order valence-corrected chi connectivity index (χ3v) is 11.9. The molecular formula is C57H28F6N8. The average Bonchev–Trinajstić information content (AvgIpc) is 3.73. The monoisotopic (exact) mass is 938 g/mol. The van der Waals surface area contributed by atoms with Gasteiger partial charge < -0.3 is 4.57 Å². The van der Waals surface area contributed by atoms with Crippen molar-refractivity contribution in [1.29, 1.82) is 21.0 Å². The van der Waals surface area contributed by atoms with Crippen molar-refractivity contribution in [3.63, 3.8) is 0 Å². The summed E-state index contributed by atoms with van der Waals surface area (Å²) in [7, 11) is 0. The molecule has 0 spiro atoms. The first kappa shape index (κ1) is 44.9. The number of hydrogen-bond donors (Lipinski definition) is 0. The van der Waals surface area contributed by atoms with Crippen LogP contribution in [0.2, 0.25) is 0 Å². The first-order chi connectivity index (χ1) is 34.2. The highest BCUT2D eigenvalue weighted by Crippen LogP contribution is 2.44. The molecule has 338 valence electrons. The Labute approximate surface area is 400 Å². The summed E-state index contributed by atoms with van der Waals surface area (Å²) in [5, 5.41) is 40.7. The van der Waals surface area contributed by atoms with Gasteiger partial charge in [0.15, 0.2) is 17.5 Å². The van der Waals surface area contributed by atoms with Crippen molar-refractivity contribution >= 4 is 21.8 Å². The second-order valence-electron chi connectivity index (χ2n) is 16.4. The van der Waals surface area contributed by atoms with E-state index >= 15 is 0 Å². The average molecular weight is 939 g/mol. The summed E-state index contributed by atoms with van der Waals surface area (Å²) in [6.07, 6.45) is -10.4. The van der Waals surface area contributed by atoms with Crippen LogP contribution < -0.4 is 0 Å². The van der Waals surface area contributed by atoms with E-state index in [1.54, 1.807) is 102 Å². The third-order valence-electron chi connectivity index (χ3n) is 11.9. The summed E-state index contributed by atoms with van der Waals surface area (Å²) in [4.78, 5) is 14.3. The highest BCUT2D eigenvalue weighted by Gasteiger charge is 2.37. The Kier molecular flexibility index (Phi) is 11.2. The Hall–Kier alpha value is -9.89. The van der Waals surface area contributed by atoms with Crippen LogP contribution in [0.3, 0.4) is 0 Å². The van der Waals surface area contributed by atoms with Crippen molar-refractivity contribution in [3.05, 3.63) is 203 Å². The van der Waals surface area contributed by atoms with Crippen LogP contribution in [0.4, 0.5) is 26.3 Å². The van der Waals surface area contributed by atoms with E-state index in [4.69, 9.17) is 15.0 Å². The fraction of sp³-hybridized carbons (Fsp3) is 0.0351. The molecule has 0 unspecified atom stereocenters. The highest BCUT2D eigenvalue weighted by molar-refractivity contribution is 6.11. The minimum absolute atomic E-state index is 0.0339. The van der Waals surface area contributed by atoms with E-state index in [1.807, 2.05) is 36.4 Å². The summed E-state index contributed by atoms with van der Waals surface area (Å²) >= 11 is 0. The van der Waals surface area contributed by atoms with Gasteiger partial charge in [-0.1, -0.05) is 84.9 Å². The van der Waals surface area contributed by atoms with Gasteiger partial charge in [-0.25, -0.2) is 15.0 Å². The van der Waals surface area contributed by atoms with Crippen molar-refractivity contribution < 1.29 is 26.3 Å². The van der Waals surface area contributed by atoms with E-state index < -0.39 is 29.0 Å². The molecule has 8 nitrogen and oxygen atoms in total. The molecule has 0 bridgehead atoms. The second kappa shape index (κ2) is 17.6. The lowest BCUT2D eigenvalue weighted by Gasteiger charge is -2.18. The molecule has 2 aromatic heterocycles. The van der Waals surface area contributed by atoms with Gasteiger partial charge in [0, 0.05) is 33.2 Å². The predicted molar refractivity (Wildman–Crippen MR) is 256 cm³/mol. The van der Waals surface area contributed by atoms with Crippen LogP contribution in [0, 0.1) is 45.3 Å². The standard InChI is InChI=1S/C57H28F6N8/c58-56(59,60)44-23-43(24-45(27-44)57(61,62)63)50-28-46(13-16-49(50)55-69-53(37-7-3-1-4-8-37)68-54(70-55)38-9-5-2-6-10-38)71-51-25-39(41-19-33(29-64)17-34(20-41)30-65)11-14-47(51)48-15-12-40(26-52(48)71)42-21-35(31-66)18-36(22-42)32-67/h1-28H. The molecule has 0 amide bonds. The van der Waals surface area contributed by atoms with Gasteiger partial charge in [0.05, 0.1) is 68.7 Å². The lowest BCUT2D eigenvalue weighted by Crippen LogP contribution is -2.11. The topological polar surface area (TPSA) is 139 Å². The van der Waals surface area contributed by atoms with E-state index in [-0.39, 0.29) is 56.9 Å². The molecule has 71 heavy (non-hydrogen) atoms. The van der Waals surface area contributed by atoms with E-state index in [1.165, 1.54) is 18.2 Å². The minimum atomic E-state index is -5.18. The molecule has 0 N–H and O–H groups in total. The van der Waals surface area contributed by atoms with Gasteiger partial charge in [0.1, 0.15) is 0 Å². The zero-order valence-electron chi connectivity index (χ0n) is 36.5. The van der Waals surface area contributed by atoms with E-state index in [0.29, 0.717) is 73.0 Å². The normalized spacial score (nSPS) is 11.5. The number of aromatic nitrogens is 4. The molecule has 0 saturated heterocycles. The molecule has 0 radical (unpaired) electrons. The molecule has 0 atom stereocenters. The molecule has 0 aliphatic rings. The fourth-order valence-corrected chi connectivity index (χ4v) is 8.65. The summed E-state index contributed by atoms with van der Waals surface area (Å²) in [6, 6.07) is 52.6. The van der Waals surface area contributed by atoms with Gasteiger partial charge in [-0.05, 0) is 118 Å². The van der Waals surface area contributed by atoms with Crippen LogP contribution in [0.1, 0.15) is 33.4 Å². The van der Waals surface area contributed by atoms with Crippen molar-refractivity contribution in [1.82, 2.24) is 19.5 Å². The van der Waals surface area contributed by atoms with Crippen molar-refractivity contribution in [3.8, 4) is 97.5 Å². The lowest BCUT2D eigenvalue weighted by atomic mass is 9.94. The molecule has 14 heteroatoms. The molecule has 0 aliphatic heterocycles. The van der Waals surface area contributed by atoms with Crippen LogP contribution in [0.15, 0.2) is 170 Å². The second-order valence-corrected chi connectivity index (χ2v) is 16.4.